The normalized spacial score (nSPS) is 15.7. The lowest BCUT2D eigenvalue weighted by Gasteiger charge is -2.12. The minimum Gasteiger partial charge on any atom is -0.452 e. The molecule has 0 saturated heterocycles. The Morgan fingerprint density at radius 3 is 2.62 bits per heavy atom. The van der Waals surface area contributed by atoms with Crippen LogP contribution in [0.4, 0.5) is 0 Å². The molecule has 0 heterocycles. The van der Waals surface area contributed by atoms with Crippen molar-refractivity contribution in [1.82, 2.24) is 5.32 Å². The Morgan fingerprint density at radius 2 is 2.00 bits per heavy atom. The molecule has 4 nitrogen and oxygen atoms in total. The van der Waals surface area contributed by atoms with Crippen LogP contribution in [0.15, 0.2) is 30.3 Å². The second kappa shape index (κ2) is 7.07. The van der Waals surface area contributed by atoms with Gasteiger partial charge < -0.3 is 10.1 Å². The molecular formula is C17H21NO3. The van der Waals surface area contributed by atoms with Gasteiger partial charge in [-0.15, -0.1) is 0 Å². The molecule has 1 aromatic carbocycles. The minimum absolute atomic E-state index is 0.166. The molecule has 0 spiro atoms. The molecule has 1 aliphatic carbocycles. The van der Waals surface area contributed by atoms with Crippen molar-refractivity contribution in [3.8, 4) is 0 Å². The van der Waals surface area contributed by atoms with Crippen molar-refractivity contribution in [2.75, 3.05) is 6.61 Å². The number of nitrogens with one attached hydrogen (secondary N) is 1. The molecule has 112 valence electrons. The Bertz CT molecular complexity index is 529. The number of amides is 1. The largest absolute Gasteiger partial charge is 0.452 e. The summed E-state index contributed by atoms with van der Waals surface area (Å²) in [7, 11) is 0. The van der Waals surface area contributed by atoms with Gasteiger partial charge in [0.2, 0.25) is 0 Å². The molecule has 1 aromatic rings. The van der Waals surface area contributed by atoms with E-state index in [1.165, 1.54) is 18.9 Å². The third-order valence-electron chi connectivity index (χ3n) is 3.55. The van der Waals surface area contributed by atoms with Crippen LogP contribution in [-0.2, 0) is 14.3 Å². The van der Waals surface area contributed by atoms with Gasteiger partial charge in [-0.3, -0.25) is 4.79 Å². The van der Waals surface area contributed by atoms with Crippen LogP contribution in [0.25, 0.3) is 6.08 Å². The zero-order valence-corrected chi connectivity index (χ0v) is 12.5. The topological polar surface area (TPSA) is 55.4 Å². The fourth-order valence-electron chi connectivity index (χ4n) is 2.04. The second-order valence-electron chi connectivity index (χ2n) is 5.55. The quantitative estimate of drug-likeness (QED) is 0.646. The molecule has 0 unspecified atom stereocenters. The Labute approximate surface area is 125 Å². The average Bonchev–Trinajstić information content (AvgIpc) is 3.29. The first-order valence-corrected chi connectivity index (χ1v) is 7.25. The van der Waals surface area contributed by atoms with Crippen molar-refractivity contribution in [3.63, 3.8) is 0 Å². The van der Waals surface area contributed by atoms with Gasteiger partial charge >= 0.3 is 5.97 Å². The number of hydrogen-bond donors (Lipinski definition) is 1. The Balaban J connectivity index is 1.71. The minimum atomic E-state index is -0.509. The highest BCUT2D eigenvalue weighted by Crippen LogP contribution is 2.32. The van der Waals surface area contributed by atoms with Gasteiger partial charge in [0, 0.05) is 12.1 Å². The molecule has 4 heteroatoms. The van der Waals surface area contributed by atoms with Gasteiger partial charge in [-0.1, -0.05) is 29.8 Å². The first kappa shape index (κ1) is 15.3. The van der Waals surface area contributed by atoms with E-state index < -0.39 is 5.97 Å². The third kappa shape index (κ3) is 5.42. The number of ether oxygens (including phenoxy) is 1. The first-order chi connectivity index (χ1) is 10.0. The van der Waals surface area contributed by atoms with Crippen LogP contribution >= 0.6 is 0 Å². The first-order valence-electron chi connectivity index (χ1n) is 7.25. The fourth-order valence-corrected chi connectivity index (χ4v) is 2.04. The van der Waals surface area contributed by atoms with Crippen molar-refractivity contribution in [2.45, 2.75) is 32.7 Å². The molecule has 1 saturated carbocycles. The number of rotatable bonds is 6. The third-order valence-corrected chi connectivity index (χ3v) is 3.55. The maximum Gasteiger partial charge on any atom is 0.331 e. The lowest BCUT2D eigenvalue weighted by atomic mass is 10.1. The summed E-state index contributed by atoms with van der Waals surface area (Å²) in [6, 6.07) is 7.95. The molecule has 1 amide bonds. The molecule has 0 bridgehead atoms. The van der Waals surface area contributed by atoms with E-state index in [2.05, 4.69) is 5.32 Å². The monoisotopic (exact) mass is 287 g/mol. The number of carbonyl (C=O) groups excluding carboxylic acids is 2. The summed E-state index contributed by atoms with van der Waals surface area (Å²) in [5.41, 5.74) is 2.08. The van der Waals surface area contributed by atoms with Crippen LogP contribution in [0.5, 0.6) is 0 Å². The van der Waals surface area contributed by atoms with E-state index in [4.69, 9.17) is 4.74 Å². The highest BCUT2D eigenvalue weighted by Gasteiger charge is 2.28. The van der Waals surface area contributed by atoms with Gasteiger partial charge in [0.25, 0.3) is 5.91 Å². The molecule has 0 aromatic heterocycles. The van der Waals surface area contributed by atoms with Crippen molar-refractivity contribution in [1.29, 1.82) is 0 Å². The van der Waals surface area contributed by atoms with Crippen molar-refractivity contribution in [3.05, 3.63) is 41.5 Å². The van der Waals surface area contributed by atoms with Gasteiger partial charge in [0.15, 0.2) is 6.61 Å². The van der Waals surface area contributed by atoms with Crippen LogP contribution in [0.1, 0.15) is 30.9 Å². The van der Waals surface area contributed by atoms with Gasteiger partial charge in [0.1, 0.15) is 0 Å². The fraction of sp³-hybridized carbons (Fsp3) is 0.412. The summed E-state index contributed by atoms with van der Waals surface area (Å²) in [5.74, 6) is -0.164. The van der Waals surface area contributed by atoms with Gasteiger partial charge in [-0.25, -0.2) is 4.79 Å². The highest BCUT2D eigenvalue weighted by molar-refractivity contribution is 5.89. The predicted octanol–water partition coefficient (Wildman–Crippen LogP) is 2.47. The molecule has 0 radical (unpaired) electrons. The molecular weight excluding hydrogens is 266 g/mol. The molecule has 0 aliphatic heterocycles. The summed E-state index contributed by atoms with van der Waals surface area (Å²) in [5, 5.41) is 2.84. The Hall–Kier alpha value is -2.10. The summed E-state index contributed by atoms with van der Waals surface area (Å²) in [4.78, 5) is 23.1. The molecule has 1 fully saturated rings. The second-order valence-corrected chi connectivity index (χ2v) is 5.55. The van der Waals surface area contributed by atoms with Crippen LogP contribution < -0.4 is 5.32 Å². The van der Waals surface area contributed by atoms with Gasteiger partial charge in [0.05, 0.1) is 0 Å². The number of carbonyl (C=O) groups is 2. The smallest absolute Gasteiger partial charge is 0.331 e. The Kier molecular flexibility index (Phi) is 5.14. The zero-order valence-electron chi connectivity index (χ0n) is 12.5. The summed E-state index contributed by atoms with van der Waals surface area (Å²) in [6.45, 7) is 3.76. The van der Waals surface area contributed by atoms with E-state index in [0.717, 1.165) is 11.1 Å². The maximum absolute atomic E-state index is 11.6. The number of aryl methyl sites for hydroxylation is 1. The summed E-state index contributed by atoms with van der Waals surface area (Å²) >= 11 is 0. The Morgan fingerprint density at radius 1 is 1.33 bits per heavy atom. The van der Waals surface area contributed by atoms with Crippen molar-refractivity contribution in [2.24, 2.45) is 5.92 Å². The molecule has 1 aliphatic rings. The lowest BCUT2D eigenvalue weighted by molar-refractivity contribution is -0.144. The lowest BCUT2D eigenvalue weighted by Crippen LogP contribution is -2.36. The molecule has 2 rings (SSSR count). The summed E-state index contributed by atoms with van der Waals surface area (Å²) < 4.78 is 4.91. The van der Waals surface area contributed by atoms with Crippen LogP contribution in [-0.4, -0.2) is 24.5 Å². The van der Waals surface area contributed by atoms with E-state index in [9.17, 15) is 9.59 Å². The SMILES string of the molecule is Cc1ccc(/C=C/C(=O)OCC(=O)N[C@H](C)C2CC2)cc1. The average molecular weight is 287 g/mol. The van der Waals surface area contributed by atoms with E-state index in [-0.39, 0.29) is 18.6 Å². The molecule has 21 heavy (non-hydrogen) atoms. The number of esters is 1. The van der Waals surface area contributed by atoms with Crippen molar-refractivity contribution < 1.29 is 14.3 Å². The van der Waals surface area contributed by atoms with Crippen LogP contribution in [0.3, 0.4) is 0 Å². The van der Waals surface area contributed by atoms with Gasteiger partial charge in [-0.05, 0) is 44.2 Å². The number of benzene rings is 1. The molecule has 1 atom stereocenters. The zero-order chi connectivity index (χ0) is 15.2. The van der Waals surface area contributed by atoms with E-state index >= 15 is 0 Å². The highest BCUT2D eigenvalue weighted by atomic mass is 16.5. The van der Waals surface area contributed by atoms with E-state index in [1.54, 1.807) is 6.08 Å². The standard InChI is InChI=1S/C17H21NO3/c1-12-3-5-14(6-4-12)7-10-17(20)21-11-16(19)18-13(2)15-8-9-15/h3-7,10,13,15H,8-9,11H2,1-2H3,(H,18,19)/b10-7+/t13-/m1/s1. The number of hydrogen-bond acceptors (Lipinski definition) is 3. The predicted molar refractivity (Wildman–Crippen MR) is 81.5 cm³/mol. The maximum atomic E-state index is 11.6. The molecule has 1 N–H and O–H groups in total. The van der Waals surface area contributed by atoms with Crippen LogP contribution in [0, 0.1) is 12.8 Å². The van der Waals surface area contributed by atoms with Gasteiger partial charge in [-0.2, -0.15) is 0 Å². The summed E-state index contributed by atoms with van der Waals surface area (Å²) in [6.07, 6.45) is 5.34. The van der Waals surface area contributed by atoms with E-state index in [1.807, 2.05) is 38.1 Å². The van der Waals surface area contributed by atoms with Crippen LogP contribution in [0.2, 0.25) is 0 Å². The van der Waals surface area contributed by atoms with E-state index in [0.29, 0.717) is 5.92 Å². The van der Waals surface area contributed by atoms with Crippen molar-refractivity contribution >= 4 is 18.0 Å².